The first-order valence-electron chi connectivity index (χ1n) is 7.66. The van der Waals surface area contributed by atoms with Gasteiger partial charge in [-0.2, -0.15) is 0 Å². The van der Waals surface area contributed by atoms with E-state index in [1.807, 2.05) is 19.9 Å². The molecule has 4 N–H and O–H groups in total. The number of hydrogen-bond donors (Lipinski definition) is 3. The van der Waals surface area contributed by atoms with Crippen LogP contribution in [-0.2, 0) is 9.53 Å². The molecular weight excluding hydrogens is 358 g/mol. The Morgan fingerprint density at radius 3 is 2.46 bits per heavy atom. The van der Waals surface area contributed by atoms with Crippen molar-refractivity contribution in [1.82, 2.24) is 5.32 Å². The van der Waals surface area contributed by atoms with Gasteiger partial charge in [0, 0.05) is 5.69 Å². The minimum atomic E-state index is -0.762. The Morgan fingerprint density at radius 2 is 1.81 bits per heavy atom. The highest BCUT2D eigenvalue weighted by molar-refractivity contribution is 6.33. The third kappa shape index (κ3) is 5.22. The molecule has 0 aromatic heterocycles. The van der Waals surface area contributed by atoms with Crippen LogP contribution < -0.4 is 16.4 Å². The highest BCUT2D eigenvalue weighted by atomic mass is 35.5. The molecule has 8 heteroatoms. The van der Waals surface area contributed by atoms with Gasteiger partial charge in [-0.1, -0.05) is 17.7 Å². The van der Waals surface area contributed by atoms with Crippen molar-refractivity contribution >= 4 is 40.9 Å². The van der Waals surface area contributed by atoms with Crippen LogP contribution in [0.25, 0.3) is 0 Å². The second-order valence-electron chi connectivity index (χ2n) is 5.61. The monoisotopic (exact) mass is 375 g/mol. The van der Waals surface area contributed by atoms with Crippen LogP contribution in [0, 0.1) is 13.8 Å². The molecule has 0 aliphatic carbocycles. The number of rotatable bonds is 4. The van der Waals surface area contributed by atoms with Gasteiger partial charge < -0.3 is 15.8 Å². The van der Waals surface area contributed by atoms with Crippen LogP contribution >= 0.6 is 11.6 Å². The fourth-order valence-electron chi connectivity index (χ4n) is 2.03. The van der Waals surface area contributed by atoms with E-state index in [4.69, 9.17) is 22.1 Å². The van der Waals surface area contributed by atoms with E-state index in [2.05, 4.69) is 10.6 Å². The summed E-state index contributed by atoms with van der Waals surface area (Å²) in [6.07, 6.45) is 0. The molecule has 7 nitrogen and oxygen atoms in total. The third-order valence-electron chi connectivity index (χ3n) is 3.58. The van der Waals surface area contributed by atoms with Crippen molar-refractivity contribution in [3.63, 3.8) is 0 Å². The maximum atomic E-state index is 11.9. The molecule has 2 aromatic rings. The number of amides is 3. The van der Waals surface area contributed by atoms with E-state index in [0.29, 0.717) is 10.7 Å². The first-order chi connectivity index (χ1) is 12.3. The molecule has 0 atom stereocenters. The van der Waals surface area contributed by atoms with Gasteiger partial charge in [-0.05, 0) is 55.3 Å². The highest BCUT2D eigenvalue weighted by Crippen LogP contribution is 2.19. The topological polar surface area (TPSA) is 111 Å². The summed E-state index contributed by atoms with van der Waals surface area (Å²) in [5, 5.41) is 4.92. The van der Waals surface area contributed by atoms with Gasteiger partial charge in [-0.25, -0.2) is 9.59 Å². The molecule has 2 aromatic carbocycles. The van der Waals surface area contributed by atoms with Gasteiger partial charge in [0.1, 0.15) is 0 Å². The van der Waals surface area contributed by atoms with Crippen LogP contribution in [0.2, 0.25) is 5.02 Å². The second-order valence-corrected chi connectivity index (χ2v) is 6.02. The molecule has 26 heavy (non-hydrogen) atoms. The Balaban J connectivity index is 1.83. The third-order valence-corrected chi connectivity index (χ3v) is 3.93. The average molecular weight is 376 g/mol. The van der Waals surface area contributed by atoms with Gasteiger partial charge in [0.15, 0.2) is 6.61 Å². The number of imide groups is 1. The van der Waals surface area contributed by atoms with Gasteiger partial charge in [-0.15, -0.1) is 0 Å². The first kappa shape index (κ1) is 19.3. The molecule has 0 aliphatic rings. The second kappa shape index (κ2) is 8.35. The van der Waals surface area contributed by atoms with E-state index in [9.17, 15) is 14.4 Å². The van der Waals surface area contributed by atoms with Crippen molar-refractivity contribution in [3.8, 4) is 0 Å². The number of halogens is 1. The maximum Gasteiger partial charge on any atom is 0.338 e. The summed E-state index contributed by atoms with van der Waals surface area (Å²) in [4.78, 5) is 35.4. The predicted molar refractivity (Wildman–Crippen MR) is 99.2 cm³/mol. The minimum absolute atomic E-state index is 0.152. The standard InChI is InChI=1S/C18H18ClN3O4/c1-10-3-5-13(7-11(10)2)21-18(25)22-16(23)9-26-17(24)12-4-6-14(19)15(20)8-12/h3-8H,9,20H2,1-2H3,(H2,21,22,23,25). The Labute approximate surface area is 155 Å². The summed E-state index contributed by atoms with van der Waals surface area (Å²) in [5.74, 6) is -1.51. The Morgan fingerprint density at radius 1 is 1.08 bits per heavy atom. The number of hydrogen-bond acceptors (Lipinski definition) is 5. The SMILES string of the molecule is Cc1ccc(NC(=O)NC(=O)COC(=O)c2ccc(Cl)c(N)c2)cc1C. The van der Waals surface area contributed by atoms with E-state index >= 15 is 0 Å². The van der Waals surface area contributed by atoms with Crippen molar-refractivity contribution in [3.05, 3.63) is 58.1 Å². The smallest absolute Gasteiger partial charge is 0.338 e. The van der Waals surface area contributed by atoms with Gasteiger partial charge in [-0.3, -0.25) is 10.1 Å². The lowest BCUT2D eigenvalue weighted by molar-refractivity contribution is -0.123. The summed E-state index contributed by atoms with van der Waals surface area (Å²) in [6.45, 7) is 3.25. The molecule has 0 fully saturated rings. The Hall–Kier alpha value is -3.06. The molecule has 136 valence electrons. The zero-order valence-electron chi connectivity index (χ0n) is 14.3. The lowest BCUT2D eigenvalue weighted by Gasteiger charge is -2.09. The Kier molecular flexibility index (Phi) is 6.19. The zero-order valence-corrected chi connectivity index (χ0v) is 15.0. The van der Waals surface area contributed by atoms with Crippen LogP contribution in [0.5, 0.6) is 0 Å². The molecule has 0 radical (unpaired) electrons. The number of aryl methyl sites for hydroxylation is 2. The molecule has 0 saturated heterocycles. The molecule has 0 heterocycles. The van der Waals surface area contributed by atoms with Gasteiger partial charge in [0.2, 0.25) is 0 Å². The fourth-order valence-corrected chi connectivity index (χ4v) is 2.15. The first-order valence-corrected chi connectivity index (χ1v) is 8.04. The average Bonchev–Trinajstić information content (AvgIpc) is 2.58. The number of carbonyl (C=O) groups excluding carboxylic acids is 3. The molecule has 3 amide bonds. The van der Waals surface area contributed by atoms with Crippen LogP contribution in [-0.4, -0.2) is 24.5 Å². The van der Waals surface area contributed by atoms with E-state index < -0.39 is 24.5 Å². The van der Waals surface area contributed by atoms with Gasteiger partial charge in [0.05, 0.1) is 16.3 Å². The van der Waals surface area contributed by atoms with Crippen LogP contribution in [0.4, 0.5) is 16.2 Å². The lowest BCUT2D eigenvalue weighted by Crippen LogP contribution is -2.37. The van der Waals surface area contributed by atoms with Crippen molar-refractivity contribution in [1.29, 1.82) is 0 Å². The number of carbonyl (C=O) groups is 3. The zero-order chi connectivity index (χ0) is 19.3. The number of anilines is 2. The van der Waals surface area contributed by atoms with E-state index in [1.54, 1.807) is 12.1 Å². The van der Waals surface area contributed by atoms with Crippen molar-refractivity contribution in [2.45, 2.75) is 13.8 Å². The number of benzene rings is 2. The number of nitrogens with two attached hydrogens (primary N) is 1. The van der Waals surface area contributed by atoms with Gasteiger partial charge in [0.25, 0.3) is 5.91 Å². The number of nitrogens with one attached hydrogen (secondary N) is 2. The number of urea groups is 1. The fraction of sp³-hybridized carbons (Fsp3) is 0.167. The maximum absolute atomic E-state index is 11.9. The molecule has 0 aliphatic heterocycles. The molecule has 2 rings (SSSR count). The van der Waals surface area contributed by atoms with Crippen LogP contribution in [0.3, 0.4) is 0 Å². The lowest BCUT2D eigenvalue weighted by atomic mass is 10.1. The van der Waals surface area contributed by atoms with Crippen molar-refractivity contribution < 1.29 is 19.1 Å². The normalized spacial score (nSPS) is 10.1. The minimum Gasteiger partial charge on any atom is -0.452 e. The number of esters is 1. The molecular formula is C18H18ClN3O4. The number of ether oxygens (including phenoxy) is 1. The molecule has 0 bridgehead atoms. The summed E-state index contributed by atoms with van der Waals surface area (Å²) in [7, 11) is 0. The predicted octanol–water partition coefficient (Wildman–Crippen LogP) is 3.04. The largest absolute Gasteiger partial charge is 0.452 e. The molecule has 0 unspecified atom stereocenters. The van der Waals surface area contributed by atoms with Crippen molar-refractivity contribution in [2.24, 2.45) is 0 Å². The quantitative estimate of drug-likeness (QED) is 0.562. The summed E-state index contributed by atoms with van der Waals surface area (Å²) < 4.78 is 4.84. The van der Waals surface area contributed by atoms with E-state index in [-0.39, 0.29) is 11.3 Å². The van der Waals surface area contributed by atoms with Crippen LogP contribution in [0.1, 0.15) is 21.5 Å². The summed E-state index contributed by atoms with van der Waals surface area (Å²) in [6, 6.07) is 8.85. The highest BCUT2D eigenvalue weighted by Gasteiger charge is 2.13. The van der Waals surface area contributed by atoms with E-state index in [1.165, 1.54) is 18.2 Å². The van der Waals surface area contributed by atoms with Crippen molar-refractivity contribution in [2.75, 3.05) is 17.7 Å². The molecule has 0 spiro atoms. The summed E-state index contributed by atoms with van der Waals surface area (Å²) >= 11 is 5.77. The summed E-state index contributed by atoms with van der Waals surface area (Å²) in [5.41, 5.74) is 8.61. The molecule has 0 saturated carbocycles. The van der Waals surface area contributed by atoms with Crippen LogP contribution in [0.15, 0.2) is 36.4 Å². The van der Waals surface area contributed by atoms with E-state index in [0.717, 1.165) is 11.1 Å². The number of nitrogen functional groups attached to an aromatic ring is 1. The Bertz CT molecular complexity index is 868. The van der Waals surface area contributed by atoms with Gasteiger partial charge >= 0.3 is 12.0 Å².